The molecule has 0 aliphatic carbocycles. The summed E-state index contributed by atoms with van der Waals surface area (Å²) in [5, 5.41) is 7.17. The molecule has 0 spiro atoms. The normalized spacial score (nSPS) is 12.9. The van der Waals surface area contributed by atoms with E-state index < -0.39 is 0 Å². The molecule has 0 unspecified atom stereocenters. The zero-order valence-corrected chi connectivity index (χ0v) is 35.7. The van der Waals surface area contributed by atoms with Gasteiger partial charge in [-0.2, -0.15) is 0 Å². The van der Waals surface area contributed by atoms with Crippen LogP contribution >= 0.6 is 11.3 Å². The van der Waals surface area contributed by atoms with Gasteiger partial charge < -0.3 is 13.6 Å². The lowest BCUT2D eigenvalue weighted by atomic mass is 9.43. The fourth-order valence-electron chi connectivity index (χ4n) is 11.0. The molecule has 3 aromatic heterocycles. The number of hydrogen-bond donors (Lipinski definition) is 0. The van der Waals surface area contributed by atoms with Crippen LogP contribution < -0.4 is 15.7 Å². The maximum Gasteiger partial charge on any atom is 0.329 e. The van der Waals surface area contributed by atoms with Crippen LogP contribution in [-0.2, 0) is 0 Å². The molecule has 2 aliphatic heterocycles. The fraction of sp³-hybridized carbons (Fsp3) is 0. The smallest absolute Gasteiger partial charge is 0.329 e. The van der Waals surface area contributed by atoms with Gasteiger partial charge in [0.2, 0.25) is 0 Å². The Morgan fingerprint density at radius 2 is 0.754 bits per heavy atom. The molecule has 65 heavy (non-hydrogen) atoms. The molecule has 3 nitrogen and oxygen atoms in total. The van der Waals surface area contributed by atoms with E-state index in [-0.39, 0.29) is 6.85 Å². The Morgan fingerprint density at radius 3 is 1.43 bits per heavy atom. The highest BCUT2D eigenvalue weighted by atomic mass is 32.1. The first-order valence-corrected chi connectivity index (χ1v) is 23.1. The van der Waals surface area contributed by atoms with Crippen LogP contribution in [-0.4, -0.2) is 6.85 Å². The molecule has 13 aromatic rings. The molecular formula is C60H34BNO2S. The summed E-state index contributed by atoms with van der Waals surface area (Å²) in [7, 11) is 0. The Balaban J connectivity index is 0.934. The molecule has 0 amide bonds. The van der Waals surface area contributed by atoms with Gasteiger partial charge in [-0.25, -0.2) is 0 Å². The third-order valence-corrected chi connectivity index (χ3v) is 15.2. The Hall–Kier alpha value is -8.12. The molecule has 300 valence electrons. The molecule has 0 N–H and O–H groups in total. The van der Waals surface area contributed by atoms with Crippen molar-refractivity contribution in [1.82, 2.24) is 0 Å². The maximum absolute atomic E-state index is 6.26. The molecule has 0 saturated carbocycles. The van der Waals surface area contributed by atoms with Crippen molar-refractivity contribution in [1.29, 1.82) is 0 Å². The second kappa shape index (κ2) is 13.2. The highest BCUT2D eigenvalue weighted by Gasteiger charge is 2.42. The van der Waals surface area contributed by atoms with Crippen molar-refractivity contribution < 1.29 is 8.83 Å². The van der Waals surface area contributed by atoms with Crippen LogP contribution in [0.3, 0.4) is 0 Å². The first-order chi connectivity index (χ1) is 32.2. The van der Waals surface area contributed by atoms with Gasteiger partial charge in [0.25, 0.3) is 0 Å². The zero-order valence-electron chi connectivity index (χ0n) is 34.9. The Bertz CT molecular complexity index is 4170. The van der Waals surface area contributed by atoms with E-state index in [0.29, 0.717) is 0 Å². The number of furan rings is 2. The van der Waals surface area contributed by atoms with E-state index in [4.69, 9.17) is 8.83 Å². The summed E-state index contributed by atoms with van der Waals surface area (Å²) in [5.41, 5.74) is 20.8. The second-order valence-corrected chi connectivity index (χ2v) is 18.6. The van der Waals surface area contributed by atoms with Gasteiger partial charge in [0.15, 0.2) is 0 Å². The van der Waals surface area contributed by atoms with E-state index in [1.54, 1.807) is 0 Å². The minimum absolute atomic E-state index is 0.0366. The lowest BCUT2D eigenvalue weighted by molar-refractivity contribution is 0.668. The fourth-order valence-corrected chi connectivity index (χ4v) is 12.1. The molecule has 5 heteroatoms. The van der Waals surface area contributed by atoms with Crippen molar-refractivity contribution in [2.24, 2.45) is 0 Å². The van der Waals surface area contributed by atoms with Crippen LogP contribution in [0.25, 0.3) is 120 Å². The summed E-state index contributed by atoms with van der Waals surface area (Å²) in [5.74, 6) is 0. The van der Waals surface area contributed by atoms with Crippen LogP contribution in [0.5, 0.6) is 0 Å². The van der Waals surface area contributed by atoms with E-state index in [1.165, 1.54) is 98.1 Å². The molecule has 10 aromatic carbocycles. The number of para-hydroxylation sites is 3. The van der Waals surface area contributed by atoms with Crippen LogP contribution in [0.1, 0.15) is 0 Å². The first kappa shape index (κ1) is 35.4. The van der Waals surface area contributed by atoms with E-state index >= 15 is 0 Å². The maximum atomic E-state index is 6.26. The van der Waals surface area contributed by atoms with Gasteiger partial charge in [0, 0.05) is 64.2 Å². The molecule has 0 radical (unpaired) electrons. The zero-order chi connectivity index (χ0) is 42.3. The lowest BCUT2D eigenvalue weighted by Crippen LogP contribution is -2.59. The monoisotopic (exact) mass is 843 g/mol. The minimum atomic E-state index is -0.0366. The molecule has 0 atom stereocenters. The summed E-state index contributed by atoms with van der Waals surface area (Å²) >= 11 is 1.86. The highest BCUT2D eigenvalue weighted by Crippen LogP contribution is 2.49. The third-order valence-electron chi connectivity index (χ3n) is 14.1. The summed E-state index contributed by atoms with van der Waals surface area (Å²) in [6, 6.07) is 76.0. The predicted molar refractivity (Wildman–Crippen MR) is 275 cm³/mol. The van der Waals surface area contributed by atoms with Gasteiger partial charge >= 0.3 is 6.85 Å². The van der Waals surface area contributed by atoms with Crippen LogP contribution in [0.15, 0.2) is 215 Å². The SMILES string of the molecule is c1ccc2c(c1)-c1cc(-c3ccc4oc5ccccc5c4c3)ccc1B1c3ccc(-c4ccc5oc6ccccc6c5c4)cc3-c3cc(-c4ccc5sc6ccccc6c5c4)ccc3N12. The van der Waals surface area contributed by atoms with Crippen molar-refractivity contribution in [3.8, 4) is 55.6 Å². The van der Waals surface area contributed by atoms with Gasteiger partial charge in [-0.15, -0.1) is 11.3 Å². The standard InChI is InChI=1S/C60H34BNO2S/c1-5-13-53-41(9-1)45-29-35(38-20-26-57-48(32-38)42-10-2-6-14-55(42)63-57)17-23-51(45)61-52-24-18-36(39-21-27-58-49(33-39)43-11-3-7-15-56(43)64-58)30-46(52)47-31-37(19-25-54(47)62(53)61)40-22-28-60-50(34-40)44-12-4-8-16-59(44)65-60/h1-34H. The van der Waals surface area contributed by atoms with Crippen molar-refractivity contribution >= 4 is 105 Å². The largest absolute Gasteiger partial charge is 0.456 e. The molecule has 2 aliphatic rings. The summed E-state index contributed by atoms with van der Waals surface area (Å²) in [6.07, 6.45) is 0. The van der Waals surface area contributed by atoms with E-state index in [1.807, 2.05) is 29.5 Å². The van der Waals surface area contributed by atoms with Crippen molar-refractivity contribution in [3.63, 3.8) is 0 Å². The minimum Gasteiger partial charge on any atom is -0.456 e. The lowest BCUT2D eigenvalue weighted by Gasteiger charge is -2.43. The number of nitrogens with zero attached hydrogens (tertiary/aromatic N) is 1. The summed E-state index contributed by atoms with van der Waals surface area (Å²) in [4.78, 5) is 2.60. The number of thiophene rings is 1. The molecule has 15 rings (SSSR count). The predicted octanol–water partition coefficient (Wildman–Crippen LogP) is 15.8. The molecule has 0 saturated heterocycles. The van der Waals surface area contributed by atoms with Gasteiger partial charge in [0.05, 0.1) is 0 Å². The molecule has 5 heterocycles. The first-order valence-electron chi connectivity index (χ1n) is 22.2. The Kier molecular flexibility index (Phi) is 7.19. The van der Waals surface area contributed by atoms with Crippen LogP contribution in [0.4, 0.5) is 11.4 Å². The summed E-state index contributed by atoms with van der Waals surface area (Å²) in [6.45, 7) is -0.0366. The Morgan fingerprint density at radius 1 is 0.308 bits per heavy atom. The van der Waals surface area contributed by atoms with Gasteiger partial charge in [-0.1, -0.05) is 121 Å². The average molecular weight is 844 g/mol. The molecule has 0 fully saturated rings. The van der Waals surface area contributed by atoms with Crippen molar-refractivity contribution in [3.05, 3.63) is 206 Å². The van der Waals surface area contributed by atoms with Gasteiger partial charge in [-0.05, 0) is 140 Å². The van der Waals surface area contributed by atoms with Gasteiger partial charge in [-0.3, -0.25) is 0 Å². The molecule has 0 bridgehead atoms. The van der Waals surface area contributed by atoms with Gasteiger partial charge in [0.1, 0.15) is 22.3 Å². The number of rotatable bonds is 3. The second-order valence-electron chi connectivity index (χ2n) is 17.6. The van der Waals surface area contributed by atoms with Crippen LogP contribution in [0.2, 0.25) is 0 Å². The number of benzene rings is 10. The van der Waals surface area contributed by atoms with Crippen molar-refractivity contribution in [2.75, 3.05) is 4.81 Å². The van der Waals surface area contributed by atoms with Crippen LogP contribution in [0, 0.1) is 0 Å². The Labute approximate surface area is 378 Å². The van der Waals surface area contributed by atoms with E-state index in [0.717, 1.165) is 43.9 Å². The molecular weight excluding hydrogens is 810 g/mol. The highest BCUT2D eigenvalue weighted by molar-refractivity contribution is 7.25. The van der Waals surface area contributed by atoms with E-state index in [9.17, 15) is 0 Å². The number of fused-ring (bicyclic) bond motifs is 20. The third kappa shape index (κ3) is 5.13. The topological polar surface area (TPSA) is 29.5 Å². The summed E-state index contributed by atoms with van der Waals surface area (Å²) < 4.78 is 15.1. The van der Waals surface area contributed by atoms with E-state index in [2.05, 4.69) is 193 Å². The number of hydrogen-bond acceptors (Lipinski definition) is 4. The number of anilines is 2. The average Bonchev–Trinajstić information content (AvgIpc) is 4.06. The van der Waals surface area contributed by atoms with Crippen molar-refractivity contribution in [2.45, 2.75) is 0 Å². The quantitative estimate of drug-likeness (QED) is 0.166.